The van der Waals surface area contributed by atoms with Gasteiger partial charge in [0, 0.05) is 12.0 Å². The number of esters is 1. The number of amides is 1. The van der Waals surface area contributed by atoms with Crippen LogP contribution >= 0.6 is 0 Å². The maximum atomic E-state index is 12.4. The zero-order valence-electron chi connectivity index (χ0n) is 13.8. The Kier molecular flexibility index (Phi) is 4.15. The van der Waals surface area contributed by atoms with Crippen LogP contribution in [0.2, 0.25) is 0 Å². The summed E-state index contributed by atoms with van der Waals surface area (Å²) in [6.45, 7) is 0. The van der Waals surface area contributed by atoms with Crippen molar-refractivity contribution in [2.24, 2.45) is 0 Å². The predicted molar refractivity (Wildman–Crippen MR) is 95.4 cm³/mol. The van der Waals surface area contributed by atoms with Crippen molar-refractivity contribution in [1.82, 2.24) is 9.97 Å². The number of fused-ring (bicyclic) bond motifs is 1. The van der Waals surface area contributed by atoms with Gasteiger partial charge in [-0.15, -0.1) is 0 Å². The minimum atomic E-state index is -0.869. The van der Waals surface area contributed by atoms with E-state index < -0.39 is 18.0 Å². The number of cyclic esters (lactones) is 1. The van der Waals surface area contributed by atoms with Crippen LogP contribution < -0.4 is 5.32 Å². The van der Waals surface area contributed by atoms with Crippen molar-refractivity contribution in [3.05, 3.63) is 78.1 Å². The van der Waals surface area contributed by atoms with Gasteiger partial charge >= 0.3 is 5.97 Å². The van der Waals surface area contributed by atoms with Crippen LogP contribution in [0.3, 0.4) is 0 Å². The van der Waals surface area contributed by atoms with E-state index in [1.807, 2.05) is 42.5 Å². The Bertz CT molecular complexity index is 956. The molecule has 0 aliphatic carbocycles. The van der Waals surface area contributed by atoms with Crippen molar-refractivity contribution in [2.45, 2.75) is 12.5 Å². The van der Waals surface area contributed by atoms with Gasteiger partial charge in [-0.2, -0.15) is 0 Å². The van der Waals surface area contributed by atoms with Crippen LogP contribution in [-0.2, 0) is 16.0 Å². The molecule has 0 saturated carbocycles. The number of anilines is 1. The third-order valence-corrected chi connectivity index (χ3v) is 4.14. The maximum Gasteiger partial charge on any atom is 0.339 e. The molecule has 1 aliphatic heterocycles. The summed E-state index contributed by atoms with van der Waals surface area (Å²) in [6.07, 6.45) is 2.54. The van der Waals surface area contributed by atoms with E-state index in [0.717, 1.165) is 11.1 Å². The third-order valence-electron chi connectivity index (χ3n) is 4.14. The molecule has 1 aromatic heterocycles. The zero-order valence-corrected chi connectivity index (χ0v) is 13.8. The monoisotopic (exact) mass is 345 g/mol. The van der Waals surface area contributed by atoms with Gasteiger partial charge in [-0.25, -0.2) is 14.8 Å². The summed E-state index contributed by atoms with van der Waals surface area (Å²) in [7, 11) is 0. The van der Waals surface area contributed by atoms with E-state index in [-0.39, 0.29) is 0 Å². The molecule has 0 radical (unpaired) electrons. The lowest BCUT2D eigenvalue weighted by Crippen LogP contribution is -2.38. The van der Waals surface area contributed by atoms with Crippen LogP contribution in [0, 0.1) is 0 Å². The quantitative estimate of drug-likeness (QED) is 0.738. The van der Waals surface area contributed by atoms with E-state index in [4.69, 9.17) is 4.74 Å². The first-order chi connectivity index (χ1) is 12.7. The van der Waals surface area contributed by atoms with Crippen LogP contribution in [0.5, 0.6) is 0 Å². The molecule has 2 aromatic carbocycles. The fourth-order valence-corrected chi connectivity index (χ4v) is 2.83. The molecule has 1 amide bonds. The second-order valence-electron chi connectivity index (χ2n) is 5.91. The van der Waals surface area contributed by atoms with Crippen molar-refractivity contribution in [3.63, 3.8) is 0 Å². The molecule has 0 fully saturated rings. The summed E-state index contributed by atoms with van der Waals surface area (Å²) in [5.74, 6) is -0.312. The highest BCUT2D eigenvalue weighted by Crippen LogP contribution is 2.21. The van der Waals surface area contributed by atoms with Crippen molar-refractivity contribution < 1.29 is 14.3 Å². The number of ether oxygens (including phenoxy) is 1. The molecule has 0 bridgehead atoms. The first-order valence-electron chi connectivity index (χ1n) is 8.18. The number of aromatic nitrogens is 2. The molecule has 4 rings (SSSR count). The van der Waals surface area contributed by atoms with Gasteiger partial charge < -0.3 is 10.1 Å². The summed E-state index contributed by atoms with van der Waals surface area (Å²) in [5.41, 5.74) is 2.65. The van der Waals surface area contributed by atoms with Crippen molar-refractivity contribution >= 4 is 17.6 Å². The van der Waals surface area contributed by atoms with Gasteiger partial charge in [0.25, 0.3) is 5.91 Å². The number of hydrogen-bond acceptors (Lipinski definition) is 5. The lowest BCUT2D eigenvalue weighted by molar-refractivity contribution is -0.125. The first kappa shape index (κ1) is 16.0. The molecule has 1 atom stereocenters. The van der Waals surface area contributed by atoms with Gasteiger partial charge in [0.1, 0.15) is 0 Å². The molecule has 1 aliphatic rings. The molecular weight excluding hydrogens is 330 g/mol. The van der Waals surface area contributed by atoms with Gasteiger partial charge in [-0.1, -0.05) is 48.5 Å². The highest BCUT2D eigenvalue weighted by atomic mass is 16.5. The predicted octanol–water partition coefficient (Wildman–Crippen LogP) is 2.86. The molecule has 0 spiro atoms. The summed E-state index contributed by atoms with van der Waals surface area (Å²) in [5, 5.41) is 2.70. The van der Waals surface area contributed by atoms with Gasteiger partial charge in [0.15, 0.2) is 11.9 Å². The van der Waals surface area contributed by atoms with E-state index in [2.05, 4.69) is 15.3 Å². The Balaban J connectivity index is 1.46. The molecule has 2 heterocycles. The number of nitrogens with zero attached hydrogens (tertiary/aromatic N) is 2. The van der Waals surface area contributed by atoms with Crippen LogP contribution in [0.4, 0.5) is 5.69 Å². The maximum absolute atomic E-state index is 12.4. The van der Waals surface area contributed by atoms with E-state index in [1.165, 1.54) is 12.4 Å². The molecule has 1 N–H and O–H groups in total. The van der Waals surface area contributed by atoms with E-state index in [0.29, 0.717) is 23.5 Å². The van der Waals surface area contributed by atoms with Crippen LogP contribution in [0.1, 0.15) is 15.9 Å². The summed E-state index contributed by atoms with van der Waals surface area (Å²) in [4.78, 5) is 33.0. The van der Waals surface area contributed by atoms with Gasteiger partial charge in [-0.05, 0) is 11.6 Å². The Morgan fingerprint density at radius 1 is 1.00 bits per heavy atom. The SMILES string of the molecule is O=C1O[C@@H](C(=O)Nc2cnc(-c3ccccc3)nc2)Cc2ccccc21. The Labute approximate surface area is 149 Å². The standard InChI is InChI=1S/C20H15N3O3/c24-19(17-10-14-8-4-5-9-16(14)20(25)26-17)23-15-11-21-18(22-12-15)13-6-2-1-3-7-13/h1-9,11-12,17H,10H2,(H,23,24)/t17-/m1/s1. The molecule has 6 nitrogen and oxygen atoms in total. The second kappa shape index (κ2) is 6.76. The Morgan fingerprint density at radius 2 is 1.69 bits per heavy atom. The number of carbonyl (C=O) groups excluding carboxylic acids is 2. The molecule has 6 heteroatoms. The number of rotatable bonds is 3. The first-order valence-corrected chi connectivity index (χ1v) is 8.18. The van der Waals surface area contributed by atoms with Crippen LogP contribution in [0.25, 0.3) is 11.4 Å². The number of benzene rings is 2. The minimum absolute atomic E-state index is 0.344. The number of hydrogen-bond donors (Lipinski definition) is 1. The van der Waals surface area contributed by atoms with Crippen molar-refractivity contribution in [1.29, 1.82) is 0 Å². The molecular formula is C20H15N3O3. The largest absolute Gasteiger partial charge is 0.448 e. The van der Waals surface area contributed by atoms with Gasteiger partial charge in [0.05, 0.1) is 23.6 Å². The van der Waals surface area contributed by atoms with Crippen molar-refractivity contribution in [2.75, 3.05) is 5.32 Å². The highest BCUT2D eigenvalue weighted by molar-refractivity contribution is 5.99. The van der Waals surface area contributed by atoms with Gasteiger partial charge in [0.2, 0.25) is 0 Å². The van der Waals surface area contributed by atoms with E-state index in [1.54, 1.807) is 12.1 Å². The average molecular weight is 345 g/mol. The normalized spacial score (nSPS) is 15.7. The van der Waals surface area contributed by atoms with Crippen molar-refractivity contribution in [3.8, 4) is 11.4 Å². The molecule has 128 valence electrons. The Morgan fingerprint density at radius 3 is 2.46 bits per heavy atom. The minimum Gasteiger partial charge on any atom is -0.448 e. The smallest absolute Gasteiger partial charge is 0.339 e. The zero-order chi connectivity index (χ0) is 17.9. The lowest BCUT2D eigenvalue weighted by Gasteiger charge is -2.23. The second-order valence-corrected chi connectivity index (χ2v) is 5.91. The number of carbonyl (C=O) groups is 2. The fourth-order valence-electron chi connectivity index (χ4n) is 2.83. The lowest BCUT2D eigenvalue weighted by atomic mass is 9.98. The van der Waals surface area contributed by atoms with Crippen LogP contribution in [-0.4, -0.2) is 27.9 Å². The van der Waals surface area contributed by atoms with Crippen LogP contribution in [0.15, 0.2) is 67.0 Å². The summed E-state index contributed by atoms with van der Waals surface area (Å²) >= 11 is 0. The summed E-state index contributed by atoms with van der Waals surface area (Å²) < 4.78 is 5.25. The van der Waals surface area contributed by atoms with E-state index in [9.17, 15) is 9.59 Å². The molecule has 26 heavy (non-hydrogen) atoms. The summed E-state index contributed by atoms with van der Waals surface area (Å²) in [6, 6.07) is 16.7. The molecule has 3 aromatic rings. The highest BCUT2D eigenvalue weighted by Gasteiger charge is 2.31. The Hall–Kier alpha value is -3.54. The molecule has 0 saturated heterocycles. The fraction of sp³-hybridized carbons (Fsp3) is 0.100. The third kappa shape index (κ3) is 3.17. The van der Waals surface area contributed by atoms with Gasteiger partial charge in [-0.3, -0.25) is 4.79 Å². The topological polar surface area (TPSA) is 81.2 Å². The molecule has 0 unspecified atom stereocenters. The van der Waals surface area contributed by atoms with E-state index >= 15 is 0 Å². The number of nitrogens with one attached hydrogen (secondary N) is 1. The average Bonchev–Trinajstić information content (AvgIpc) is 2.69.